The number of hydrogen-bond donors (Lipinski definition) is 3. The van der Waals surface area contributed by atoms with Crippen LogP contribution in [-0.4, -0.2) is 59.9 Å². The lowest BCUT2D eigenvalue weighted by Gasteiger charge is -2.20. The molecule has 0 aromatic heterocycles. The fourth-order valence-electron chi connectivity index (χ4n) is 3.84. The highest BCUT2D eigenvalue weighted by molar-refractivity contribution is 7.47. The zero-order valence-electron chi connectivity index (χ0n) is 26.7. The zero-order valence-corrected chi connectivity index (χ0v) is 27.6. The number of hydrogen-bond acceptors (Lipinski definition) is 9. The number of allylic oxidation sites excluding steroid dienone is 6. The van der Waals surface area contributed by atoms with Crippen LogP contribution in [0.1, 0.15) is 117 Å². The monoisotopic (exact) mass is 645 g/mol. The Kier molecular flexibility index (Phi) is 26.7. The van der Waals surface area contributed by atoms with Crippen LogP contribution in [0.2, 0.25) is 0 Å². The lowest BCUT2D eigenvalue weighted by atomic mass is 10.1. The Labute approximate surface area is 263 Å². The summed E-state index contributed by atoms with van der Waals surface area (Å²) in [5.41, 5.74) is 5.28. The second kappa shape index (κ2) is 28.2. The third-order valence-electron chi connectivity index (χ3n) is 6.40. The number of nitrogens with two attached hydrogens (primary N) is 1. The van der Waals surface area contributed by atoms with Gasteiger partial charge in [-0.3, -0.25) is 23.4 Å². The first-order valence-electron chi connectivity index (χ1n) is 16.0. The fourth-order valence-corrected chi connectivity index (χ4v) is 4.62. The molecule has 0 aliphatic carbocycles. The lowest BCUT2D eigenvalue weighted by Crippen LogP contribution is -2.34. The van der Waals surface area contributed by atoms with Gasteiger partial charge in [0.05, 0.1) is 13.2 Å². The molecule has 0 aliphatic heterocycles. The van der Waals surface area contributed by atoms with Crippen molar-refractivity contribution in [2.24, 2.45) is 5.73 Å². The van der Waals surface area contributed by atoms with E-state index in [2.05, 4.69) is 54.8 Å². The maximum absolute atomic E-state index is 12.4. The molecular weight excluding hydrogens is 589 g/mol. The van der Waals surface area contributed by atoms with Gasteiger partial charge in [0.15, 0.2) is 6.10 Å². The van der Waals surface area contributed by atoms with Gasteiger partial charge in [-0.1, -0.05) is 95.2 Å². The normalized spacial score (nSPS) is 14.6. The van der Waals surface area contributed by atoms with Crippen LogP contribution in [0.3, 0.4) is 0 Å². The number of phosphoric acid groups is 1. The number of carboxylic acid groups (broad SMARTS) is 1. The van der Waals surface area contributed by atoms with E-state index in [0.29, 0.717) is 12.8 Å². The predicted octanol–water partition coefficient (Wildman–Crippen LogP) is 6.94. The maximum Gasteiger partial charge on any atom is 0.472 e. The van der Waals surface area contributed by atoms with Gasteiger partial charge >= 0.3 is 25.7 Å². The van der Waals surface area contributed by atoms with Gasteiger partial charge in [0.1, 0.15) is 12.6 Å². The van der Waals surface area contributed by atoms with Crippen LogP contribution < -0.4 is 5.73 Å². The smallest absolute Gasteiger partial charge is 0.472 e. The highest BCUT2D eigenvalue weighted by atomic mass is 31.2. The Morgan fingerprint density at radius 2 is 1.27 bits per heavy atom. The Morgan fingerprint density at radius 1 is 0.727 bits per heavy atom. The van der Waals surface area contributed by atoms with Crippen molar-refractivity contribution in [3.63, 3.8) is 0 Å². The van der Waals surface area contributed by atoms with Gasteiger partial charge < -0.3 is 25.2 Å². The van der Waals surface area contributed by atoms with Crippen molar-refractivity contribution in [1.29, 1.82) is 0 Å². The van der Waals surface area contributed by atoms with Gasteiger partial charge in [-0.25, -0.2) is 4.57 Å². The number of rotatable bonds is 29. The molecule has 254 valence electrons. The molecule has 0 radical (unpaired) electrons. The Morgan fingerprint density at radius 3 is 1.91 bits per heavy atom. The average molecular weight is 646 g/mol. The van der Waals surface area contributed by atoms with E-state index in [1.165, 1.54) is 0 Å². The minimum atomic E-state index is -4.70. The van der Waals surface area contributed by atoms with Crippen molar-refractivity contribution in [2.45, 2.75) is 129 Å². The summed E-state index contributed by atoms with van der Waals surface area (Å²) in [5, 5.41) is 8.80. The number of ether oxygens (including phenoxy) is 2. The molecule has 0 spiro atoms. The molecule has 4 N–H and O–H groups in total. The van der Waals surface area contributed by atoms with Crippen molar-refractivity contribution < 1.29 is 47.5 Å². The molecule has 0 rings (SSSR count). The summed E-state index contributed by atoms with van der Waals surface area (Å²) in [7, 11) is -4.70. The van der Waals surface area contributed by atoms with Crippen molar-refractivity contribution in [3.05, 3.63) is 36.5 Å². The molecular formula is C32H56NO10P. The Balaban J connectivity index is 4.47. The summed E-state index contributed by atoms with van der Waals surface area (Å²) in [6, 6.07) is -1.52. The topological polar surface area (TPSA) is 172 Å². The first-order chi connectivity index (χ1) is 21.1. The van der Waals surface area contributed by atoms with Crippen LogP contribution in [0.25, 0.3) is 0 Å². The van der Waals surface area contributed by atoms with E-state index in [4.69, 9.17) is 24.8 Å². The quantitative estimate of drug-likeness (QED) is 0.0333. The minimum absolute atomic E-state index is 0.141. The fraction of sp³-hybridized carbons (Fsp3) is 0.719. The number of carbonyl (C=O) groups excluding carboxylic acids is 2. The molecule has 44 heavy (non-hydrogen) atoms. The third-order valence-corrected chi connectivity index (χ3v) is 7.35. The Bertz CT molecular complexity index is 905. The zero-order chi connectivity index (χ0) is 32.9. The molecule has 0 fully saturated rings. The highest BCUT2D eigenvalue weighted by Crippen LogP contribution is 2.43. The molecule has 0 amide bonds. The summed E-state index contributed by atoms with van der Waals surface area (Å²) in [6.07, 6.45) is 25.6. The Hall–Kier alpha value is -2.30. The standard InChI is InChI=1S/C32H56NO10P/c1-3-5-7-9-10-11-12-13-14-15-16-17-18-20-22-24-31(35)43-28(25-40-30(34)23-21-19-8-6-4-2)26-41-44(38,39)42-27-29(33)32(36)37/h5,7,10-11,13-14,28-29H,3-4,6,8-9,12,15-27,33H2,1-2H3,(H,36,37)(H,38,39)/b7-5-,11-10-,14-13-. The van der Waals surface area contributed by atoms with Crippen molar-refractivity contribution >= 4 is 25.7 Å². The summed E-state index contributed by atoms with van der Waals surface area (Å²) in [4.78, 5) is 45.2. The van der Waals surface area contributed by atoms with E-state index < -0.39 is 51.1 Å². The number of carbonyl (C=O) groups is 3. The molecule has 11 nitrogen and oxygen atoms in total. The van der Waals surface area contributed by atoms with Gasteiger partial charge in [0.25, 0.3) is 0 Å². The number of phosphoric ester groups is 1. The average Bonchev–Trinajstić information content (AvgIpc) is 2.99. The van der Waals surface area contributed by atoms with Crippen LogP contribution in [0.5, 0.6) is 0 Å². The molecule has 0 bridgehead atoms. The van der Waals surface area contributed by atoms with Crippen LogP contribution in [0.15, 0.2) is 36.5 Å². The first kappa shape index (κ1) is 41.7. The second-order valence-electron chi connectivity index (χ2n) is 10.6. The van der Waals surface area contributed by atoms with Crippen molar-refractivity contribution in [3.8, 4) is 0 Å². The number of unbranched alkanes of at least 4 members (excludes halogenated alkanes) is 9. The summed E-state index contributed by atoms with van der Waals surface area (Å²) >= 11 is 0. The van der Waals surface area contributed by atoms with Gasteiger partial charge in [0.2, 0.25) is 0 Å². The summed E-state index contributed by atoms with van der Waals surface area (Å²) < 4.78 is 32.2. The molecule has 12 heteroatoms. The van der Waals surface area contributed by atoms with Crippen LogP contribution in [0.4, 0.5) is 0 Å². The van der Waals surface area contributed by atoms with E-state index >= 15 is 0 Å². The number of aliphatic carboxylic acids is 1. The van der Waals surface area contributed by atoms with Crippen molar-refractivity contribution in [2.75, 3.05) is 19.8 Å². The van der Waals surface area contributed by atoms with Gasteiger partial charge in [-0.05, 0) is 44.9 Å². The molecule has 0 aromatic carbocycles. The summed E-state index contributed by atoms with van der Waals surface area (Å²) in [5.74, 6) is -2.42. The highest BCUT2D eigenvalue weighted by Gasteiger charge is 2.28. The largest absolute Gasteiger partial charge is 0.480 e. The first-order valence-corrected chi connectivity index (χ1v) is 17.5. The molecule has 0 aromatic rings. The maximum atomic E-state index is 12.4. The number of carboxylic acids is 1. The van der Waals surface area contributed by atoms with E-state index in [-0.39, 0.29) is 19.4 Å². The second-order valence-corrected chi connectivity index (χ2v) is 12.0. The SMILES string of the molecule is CC/C=C\C/C=C\C/C=C\CCCCCCCC(=O)OC(COC(=O)CCCCCCC)COP(=O)(O)OCC(N)C(=O)O. The van der Waals surface area contributed by atoms with E-state index in [9.17, 15) is 23.8 Å². The molecule has 0 saturated carbocycles. The third kappa shape index (κ3) is 27.3. The lowest BCUT2D eigenvalue weighted by molar-refractivity contribution is -0.161. The molecule has 0 aliphatic rings. The number of esters is 2. The minimum Gasteiger partial charge on any atom is -0.480 e. The van der Waals surface area contributed by atoms with Crippen LogP contribution in [0, 0.1) is 0 Å². The molecule has 3 atom stereocenters. The predicted molar refractivity (Wildman–Crippen MR) is 171 cm³/mol. The van der Waals surface area contributed by atoms with E-state index in [1.54, 1.807) is 0 Å². The molecule has 0 saturated heterocycles. The van der Waals surface area contributed by atoms with Crippen LogP contribution in [-0.2, 0) is 37.5 Å². The van der Waals surface area contributed by atoms with Gasteiger partial charge in [-0.15, -0.1) is 0 Å². The van der Waals surface area contributed by atoms with Crippen molar-refractivity contribution in [1.82, 2.24) is 0 Å². The molecule has 3 unspecified atom stereocenters. The molecule has 0 heterocycles. The van der Waals surface area contributed by atoms with Crippen LogP contribution >= 0.6 is 7.82 Å². The summed E-state index contributed by atoms with van der Waals surface area (Å²) in [6.45, 7) is 2.52. The van der Waals surface area contributed by atoms with Gasteiger partial charge in [-0.2, -0.15) is 0 Å². The van der Waals surface area contributed by atoms with Gasteiger partial charge in [0, 0.05) is 12.8 Å². The van der Waals surface area contributed by atoms with E-state index in [1.807, 2.05) is 0 Å². The van der Waals surface area contributed by atoms with E-state index in [0.717, 1.165) is 77.0 Å².